The summed E-state index contributed by atoms with van der Waals surface area (Å²) in [4.78, 5) is 7.22. The van der Waals surface area contributed by atoms with Crippen molar-refractivity contribution >= 4 is 16.5 Å². The fourth-order valence-electron chi connectivity index (χ4n) is 0.959. The summed E-state index contributed by atoms with van der Waals surface area (Å²) in [5.41, 5.74) is 1.17. The van der Waals surface area contributed by atoms with Gasteiger partial charge in [0, 0.05) is 23.5 Å². The van der Waals surface area contributed by atoms with Crippen LogP contribution < -0.4 is 5.32 Å². The van der Waals surface area contributed by atoms with Crippen molar-refractivity contribution in [2.45, 2.75) is 6.54 Å². The van der Waals surface area contributed by atoms with Gasteiger partial charge in [0.2, 0.25) is 0 Å². The van der Waals surface area contributed by atoms with E-state index in [0.717, 1.165) is 11.7 Å². The molecule has 0 saturated carbocycles. The van der Waals surface area contributed by atoms with E-state index in [0.29, 0.717) is 0 Å². The van der Waals surface area contributed by atoms with Crippen LogP contribution in [0.2, 0.25) is 0 Å². The van der Waals surface area contributed by atoms with Crippen LogP contribution in [0, 0.1) is 0 Å². The number of aromatic nitrogens is 2. The van der Waals surface area contributed by atoms with Crippen molar-refractivity contribution < 1.29 is 0 Å². The lowest BCUT2D eigenvalue weighted by atomic mass is 10.4. The molecule has 0 aliphatic carbocycles. The topological polar surface area (TPSA) is 40.7 Å². The summed E-state index contributed by atoms with van der Waals surface area (Å²) in [5.74, 6) is 0. The first-order valence-electron chi connectivity index (χ1n) is 3.71. The first-order chi connectivity index (χ1) is 5.95. The number of aromatic amines is 1. The molecule has 4 heteroatoms. The molecule has 2 heterocycles. The van der Waals surface area contributed by atoms with Gasteiger partial charge in [0.05, 0.1) is 6.54 Å². The summed E-state index contributed by atoms with van der Waals surface area (Å²) in [6.07, 6.45) is 3.71. The molecule has 2 aromatic rings. The molecule has 62 valence electrons. The molecule has 2 aromatic heterocycles. The van der Waals surface area contributed by atoms with Crippen molar-refractivity contribution in [2.75, 3.05) is 5.32 Å². The SMILES string of the molecule is c1c[nH]c(CNc2nccs2)c1. The Labute approximate surface area is 74.5 Å². The molecule has 0 fully saturated rings. The van der Waals surface area contributed by atoms with Crippen molar-refractivity contribution in [2.24, 2.45) is 0 Å². The maximum absolute atomic E-state index is 4.11. The number of anilines is 1. The summed E-state index contributed by atoms with van der Waals surface area (Å²) >= 11 is 1.61. The van der Waals surface area contributed by atoms with Gasteiger partial charge in [-0.25, -0.2) is 4.98 Å². The number of thiazole rings is 1. The molecule has 0 aliphatic rings. The molecule has 12 heavy (non-hydrogen) atoms. The van der Waals surface area contributed by atoms with Gasteiger partial charge in [-0.05, 0) is 12.1 Å². The van der Waals surface area contributed by atoms with Crippen molar-refractivity contribution in [1.82, 2.24) is 9.97 Å². The highest BCUT2D eigenvalue weighted by Gasteiger charge is 1.94. The number of nitrogens with one attached hydrogen (secondary N) is 2. The number of hydrogen-bond donors (Lipinski definition) is 2. The predicted molar refractivity (Wildman–Crippen MR) is 50.2 cm³/mol. The van der Waals surface area contributed by atoms with Gasteiger partial charge in [0.1, 0.15) is 0 Å². The Hall–Kier alpha value is -1.29. The van der Waals surface area contributed by atoms with Crippen LogP contribution in [0.25, 0.3) is 0 Å². The molecular formula is C8H9N3S. The number of H-pyrrole nitrogens is 1. The Balaban J connectivity index is 1.91. The molecule has 2 rings (SSSR count). The van der Waals surface area contributed by atoms with E-state index in [1.165, 1.54) is 5.69 Å². The van der Waals surface area contributed by atoms with Gasteiger partial charge < -0.3 is 10.3 Å². The summed E-state index contributed by atoms with van der Waals surface area (Å²) in [6.45, 7) is 0.806. The molecule has 0 amide bonds. The van der Waals surface area contributed by atoms with Crippen LogP contribution in [0.5, 0.6) is 0 Å². The highest BCUT2D eigenvalue weighted by Crippen LogP contribution is 2.11. The van der Waals surface area contributed by atoms with E-state index in [4.69, 9.17) is 0 Å². The number of rotatable bonds is 3. The fraction of sp³-hybridized carbons (Fsp3) is 0.125. The lowest BCUT2D eigenvalue weighted by molar-refractivity contribution is 1.07. The minimum absolute atomic E-state index is 0.806. The third-order valence-corrected chi connectivity index (χ3v) is 2.26. The molecule has 0 atom stereocenters. The van der Waals surface area contributed by atoms with E-state index in [1.54, 1.807) is 17.5 Å². The highest BCUT2D eigenvalue weighted by molar-refractivity contribution is 7.13. The van der Waals surface area contributed by atoms with Gasteiger partial charge in [-0.15, -0.1) is 11.3 Å². The molecule has 0 aliphatic heterocycles. The van der Waals surface area contributed by atoms with Crippen molar-refractivity contribution in [3.05, 3.63) is 35.6 Å². The van der Waals surface area contributed by atoms with E-state index in [1.807, 2.05) is 23.7 Å². The third-order valence-electron chi connectivity index (χ3n) is 1.52. The van der Waals surface area contributed by atoms with Crippen molar-refractivity contribution in [3.8, 4) is 0 Å². The normalized spacial score (nSPS) is 10.0. The van der Waals surface area contributed by atoms with Crippen molar-refractivity contribution in [1.29, 1.82) is 0 Å². The standard InChI is InChI=1S/C8H9N3S/c1-2-7(9-3-1)6-11-8-10-4-5-12-8/h1-5,9H,6H2,(H,10,11). The number of hydrogen-bond acceptors (Lipinski definition) is 3. The zero-order valence-electron chi connectivity index (χ0n) is 6.45. The summed E-state index contributed by atoms with van der Waals surface area (Å²) < 4.78 is 0. The average molecular weight is 179 g/mol. The van der Waals surface area contributed by atoms with Crippen LogP contribution in [-0.2, 0) is 6.54 Å². The van der Waals surface area contributed by atoms with E-state index in [9.17, 15) is 0 Å². The molecule has 3 nitrogen and oxygen atoms in total. The molecular weight excluding hydrogens is 170 g/mol. The molecule has 0 bridgehead atoms. The molecule has 0 saturated heterocycles. The molecule has 0 unspecified atom stereocenters. The summed E-state index contributed by atoms with van der Waals surface area (Å²) in [7, 11) is 0. The van der Waals surface area contributed by atoms with Crippen LogP contribution in [0.15, 0.2) is 29.9 Å². The summed E-state index contributed by atoms with van der Waals surface area (Å²) in [6, 6.07) is 4.03. The Morgan fingerprint density at radius 2 is 2.58 bits per heavy atom. The average Bonchev–Trinajstić information content (AvgIpc) is 2.74. The Morgan fingerprint density at radius 3 is 3.25 bits per heavy atom. The van der Waals surface area contributed by atoms with Gasteiger partial charge in [-0.1, -0.05) is 0 Å². The van der Waals surface area contributed by atoms with E-state index < -0.39 is 0 Å². The van der Waals surface area contributed by atoms with Gasteiger partial charge in [0.25, 0.3) is 0 Å². The first kappa shape index (κ1) is 7.36. The zero-order chi connectivity index (χ0) is 8.23. The lowest BCUT2D eigenvalue weighted by Crippen LogP contribution is -1.98. The van der Waals surface area contributed by atoms with Gasteiger partial charge in [-0.3, -0.25) is 0 Å². The monoisotopic (exact) mass is 179 g/mol. The van der Waals surface area contributed by atoms with E-state index >= 15 is 0 Å². The second-order valence-electron chi connectivity index (χ2n) is 2.39. The minimum Gasteiger partial charge on any atom is -0.364 e. The van der Waals surface area contributed by atoms with E-state index in [-0.39, 0.29) is 0 Å². The van der Waals surface area contributed by atoms with Gasteiger partial charge in [0.15, 0.2) is 5.13 Å². The molecule has 0 spiro atoms. The molecule has 0 radical (unpaired) electrons. The quantitative estimate of drug-likeness (QED) is 0.757. The summed E-state index contributed by atoms with van der Waals surface area (Å²) in [5, 5.41) is 6.12. The minimum atomic E-state index is 0.806. The van der Waals surface area contributed by atoms with Crippen molar-refractivity contribution in [3.63, 3.8) is 0 Å². The maximum Gasteiger partial charge on any atom is 0.182 e. The largest absolute Gasteiger partial charge is 0.364 e. The van der Waals surface area contributed by atoms with Crippen LogP contribution in [0.1, 0.15) is 5.69 Å². The Morgan fingerprint density at radius 1 is 1.58 bits per heavy atom. The molecule has 2 N–H and O–H groups in total. The predicted octanol–water partition coefficient (Wildman–Crippen LogP) is 2.08. The van der Waals surface area contributed by atoms with Gasteiger partial charge in [-0.2, -0.15) is 0 Å². The molecule has 0 aromatic carbocycles. The number of nitrogens with zero attached hydrogens (tertiary/aromatic N) is 1. The zero-order valence-corrected chi connectivity index (χ0v) is 7.27. The first-order valence-corrected chi connectivity index (χ1v) is 4.59. The fourth-order valence-corrected chi connectivity index (χ4v) is 1.49. The maximum atomic E-state index is 4.11. The second kappa shape index (κ2) is 3.40. The highest BCUT2D eigenvalue weighted by atomic mass is 32.1. The second-order valence-corrected chi connectivity index (χ2v) is 3.28. The Kier molecular flexibility index (Phi) is 2.09. The lowest BCUT2D eigenvalue weighted by Gasteiger charge is -1.98. The van der Waals surface area contributed by atoms with Gasteiger partial charge >= 0.3 is 0 Å². The van der Waals surface area contributed by atoms with Crippen LogP contribution in [0.4, 0.5) is 5.13 Å². The third kappa shape index (κ3) is 1.65. The van der Waals surface area contributed by atoms with Crippen LogP contribution in [-0.4, -0.2) is 9.97 Å². The smallest absolute Gasteiger partial charge is 0.182 e. The van der Waals surface area contributed by atoms with Crippen LogP contribution in [0.3, 0.4) is 0 Å². The Bertz CT molecular complexity index is 278. The van der Waals surface area contributed by atoms with Crippen LogP contribution >= 0.6 is 11.3 Å². The van der Waals surface area contributed by atoms with E-state index in [2.05, 4.69) is 15.3 Å².